The van der Waals surface area contributed by atoms with Gasteiger partial charge in [-0.1, -0.05) is 24.3 Å². The largest absolute Gasteiger partial charge is 0.435 e. The third kappa shape index (κ3) is 1.53. The number of hydrogen-bond donors (Lipinski definition) is 0. The smallest absolute Gasteiger partial charge is 0.227 e. The zero-order valence-electron chi connectivity index (χ0n) is 8.35. The van der Waals surface area contributed by atoms with Crippen LogP contribution in [0.2, 0.25) is 0 Å². The van der Waals surface area contributed by atoms with Gasteiger partial charge in [0.25, 0.3) is 0 Å². The number of para-hydroxylation sites is 1. The molecule has 3 aromatic rings. The van der Waals surface area contributed by atoms with Crippen molar-refractivity contribution in [3.05, 3.63) is 53.0 Å². The highest BCUT2D eigenvalue weighted by Gasteiger charge is 2.09. The maximum absolute atomic E-state index is 5.73. The fourth-order valence-corrected chi connectivity index (χ4v) is 2.06. The van der Waals surface area contributed by atoms with Gasteiger partial charge < -0.3 is 4.42 Å². The second-order valence-electron chi connectivity index (χ2n) is 3.47. The van der Waals surface area contributed by atoms with Gasteiger partial charge in [-0.15, -0.1) is 0 Å². The number of halogens is 1. The van der Waals surface area contributed by atoms with Crippen molar-refractivity contribution in [1.82, 2.24) is 4.98 Å². The SMILES string of the molecule is Brc1cccc2nc(-c3ccccc3)oc12. The van der Waals surface area contributed by atoms with Crippen LogP contribution in [0.4, 0.5) is 0 Å². The van der Waals surface area contributed by atoms with E-state index in [-0.39, 0.29) is 0 Å². The van der Waals surface area contributed by atoms with Crippen molar-refractivity contribution < 1.29 is 4.42 Å². The van der Waals surface area contributed by atoms with Crippen LogP contribution in [0.3, 0.4) is 0 Å². The lowest BCUT2D eigenvalue weighted by Gasteiger charge is -1.92. The molecule has 0 radical (unpaired) electrons. The maximum Gasteiger partial charge on any atom is 0.227 e. The van der Waals surface area contributed by atoms with Crippen LogP contribution in [-0.4, -0.2) is 4.98 Å². The van der Waals surface area contributed by atoms with E-state index in [1.165, 1.54) is 0 Å². The van der Waals surface area contributed by atoms with Crippen LogP contribution in [0.15, 0.2) is 57.4 Å². The average Bonchev–Trinajstić information content (AvgIpc) is 2.76. The molecule has 0 amide bonds. The standard InChI is InChI=1S/C13H8BrNO/c14-10-7-4-8-11-12(10)16-13(15-11)9-5-2-1-3-6-9/h1-8H. The molecule has 0 bridgehead atoms. The number of oxazole rings is 1. The number of hydrogen-bond acceptors (Lipinski definition) is 2. The molecular weight excluding hydrogens is 266 g/mol. The first-order valence-electron chi connectivity index (χ1n) is 4.95. The monoisotopic (exact) mass is 273 g/mol. The van der Waals surface area contributed by atoms with Crippen LogP contribution in [0.1, 0.15) is 0 Å². The second-order valence-corrected chi connectivity index (χ2v) is 4.33. The van der Waals surface area contributed by atoms with Crippen LogP contribution in [-0.2, 0) is 0 Å². The summed E-state index contributed by atoms with van der Waals surface area (Å²) >= 11 is 3.45. The van der Waals surface area contributed by atoms with Gasteiger partial charge in [-0.25, -0.2) is 4.98 Å². The minimum absolute atomic E-state index is 0.655. The van der Waals surface area contributed by atoms with Crippen molar-refractivity contribution >= 4 is 27.0 Å². The van der Waals surface area contributed by atoms with E-state index in [9.17, 15) is 0 Å². The number of rotatable bonds is 1. The Morgan fingerprint density at radius 2 is 1.75 bits per heavy atom. The van der Waals surface area contributed by atoms with Crippen molar-refractivity contribution in [3.63, 3.8) is 0 Å². The summed E-state index contributed by atoms with van der Waals surface area (Å²) in [7, 11) is 0. The van der Waals surface area contributed by atoms with Crippen molar-refractivity contribution in [3.8, 4) is 11.5 Å². The molecular formula is C13H8BrNO. The van der Waals surface area contributed by atoms with Crippen LogP contribution in [0.5, 0.6) is 0 Å². The molecule has 3 rings (SSSR count). The fourth-order valence-electron chi connectivity index (χ4n) is 1.62. The first-order chi connectivity index (χ1) is 7.84. The van der Waals surface area contributed by atoms with Gasteiger partial charge in [-0.05, 0) is 40.2 Å². The molecule has 0 unspecified atom stereocenters. The Labute approximate surface area is 101 Å². The summed E-state index contributed by atoms with van der Waals surface area (Å²) in [5, 5.41) is 0. The molecule has 0 N–H and O–H groups in total. The van der Waals surface area contributed by atoms with E-state index in [0.29, 0.717) is 5.89 Å². The lowest BCUT2D eigenvalue weighted by atomic mass is 10.2. The molecule has 78 valence electrons. The lowest BCUT2D eigenvalue weighted by Crippen LogP contribution is -1.74. The minimum Gasteiger partial charge on any atom is -0.435 e. The summed E-state index contributed by atoms with van der Waals surface area (Å²) in [4.78, 5) is 4.45. The molecule has 0 aliphatic rings. The maximum atomic E-state index is 5.73. The Morgan fingerprint density at radius 3 is 2.50 bits per heavy atom. The van der Waals surface area contributed by atoms with Crippen molar-refractivity contribution in [2.45, 2.75) is 0 Å². The van der Waals surface area contributed by atoms with Crippen molar-refractivity contribution in [2.75, 3.05) is 0 Å². The van der Waals surface area contributed by atoms with Gasteiger partial charge in [0.2, 0.25) is 5.89 Å². The number of fused-ring (bicyclic) bond motifs is 1. The van der Waals surface area contributed by atoms with Crippen LogP contribution in [0, 0.1) is 0 Å². The van der Waals surface area contributed by atoms with Gasteiger partial charge in [0.1, 0.15) is 5.52 Å². The number of nitrogens with zero attached hydrogens (tertiary/aromatic N) is 1. The number of aromatic nitrogens is 1. The number of benzene rings is 2. The molecule has 0 aliphatic heterocycles. The molecule has 0 saturated carbocycles. The first kappa shape index (κ1) is 9.60. The van der Waals surface area contributed by atoms with Crippen LogP contribution >= 0.6 is 15.9 Å². The summed E-state index contributed by atoms with van der Waals surface area (Å²) in [5.74, 6) is 0.655. The van der Waals surface area contributed by atoms with Crippen LogP contribution < -0.4 is 0 Å². The van der Waals surface area contributed by atoms with E-state index >= 15 is 0 Å². The third-order valence-corrected chi connectivity index (χ3v) is 3.01. The van der Waals surface area contributed by atoms with E-state index in [1.54, 1.807) is 0 Å². The second kappa shape index (κ2) is 3.76. The van der Waals surface area contributed by atoms with Gasteiger partial charge in [0, 0.05) is 5.56 Å². The normalized spacial score (nSPS) is 10.8. The average molecular weight is 274 g/mol. The zero-order valence-corrected chi connectivity index (χ0v) is 9.94. The van der Waals surface area contributed by atoms with Crippen molar-refractivity contribution in [1.29, 1.82) is 0 Å². The Bertz CT molecular complexity index is 631. The Hall–Kier alpha value is -1.61. The van der Waals surface area contributed by atoms with E-state index in [2.05, 4.69) is 20.9 Å². The van der Waals surface area contributed by atoms with E-state index < -0.39 is 0 Å². The quantitative estimate of drug-likeness (QED) is 0.662. The summed E-state index contributed by atoms with van der Waals surface area (Å²) in [6.07, 6.45) is 0. The fraction of sp³-hybridized carbons (Fsp3) is 0. The van der Waals surface area contributed by atoms with Gasteiger partial charge in [-0.2, -0.15) is 0 Å². The molecule has 16 heavy (non-hydrogen) atoms. The summed E-state index contributed by atoms with van der Waals surface area (Å²) in [6, 6.07) is 15.7. The molecule has 1 aromatic heterocycles. The summed E-state index contributed by atoms with van der Waals surface area (Å²) in [6.45, 7) is 0. The van der Waals surface area contributed by atoms with Gasteiger partial charge >= 0.3 is 0 Å². The molecule has 0 fully saturated rings. The minimum atomic E-state index is 0.655. The molecule has 0 aliphatic carbocycles. The third-order valence-electron chi connectivity index (χ3n) is 2.39. The van der Waals surface area contributed by atoms with Gasteiger partial charge in [-0.3, -0.25) is 0 Å². The zero-order chi connectivity index (χ0) is 11.0. The van der Waals surface area contributed by atoms with Gasteiger partial charge in [0.05, 0.1) is 4.47 Å². The van der Waals surface area contributed by atoms with E-state index in [0.717, 1.165) is 21.1 Å². The predicted molar refractivity (Wildman–Crippen MR) is 67.1 cm³/mol. The summed E-state index contributed by atoms with van der Waals surface area (Å²) < 4.78 is 6.66. The lowest BCUT2D eigenvalue weighted by molar-refractivity contribution is 0.618. The first-order valence-corrected chi connectivity index (χ1v) is 5.74. The molecule has 2 nitrogen and oxygen atoms in total. The Balaban J connectivity index is 2.23. The predicted octanol–water partition coefficient (Wildman–Crippen LogP) is 4.26. The highest BCUT2D eigenvalue weighted by atomic mass is 79.9. The Kier molecular flexibility index (Phi) is 2.26. The molecule has 3 heteroatoms. The summed E-state index contributed by atoms with van der Waals surface area (Å²) in [5.41, 5.74) is 2.65. The highest BCUT2D eigenvalue weighted by molar-refractivity contribution is 9.10. The molecule has 0 spiro atoms. The van der Waals surface area contributed by atoms with Crippen LogP contribution in [0.25, 0.3) is 22.6 Å². The topological polar surface area (TPSA) is 26.0 Å². The van der Waals surface area contributed by atoms with Crippen molar-refractivity contribution in [2.24, 2.45) is 0 Å². The van der Waals surface area contributed by atoms with E-state index in [1.807, 2.05) is 48.5 Å². The molecule has 0 atom stereocenters. The van der Waals surface area contributed by atoms with E-state index in [4.69, 9.17) is 4.42 Å². The molecule has 2 aromatic carbocycles. The highest BCUT2D eigenvalue weighted by Crippen LogP contribution is 2.28. The molecule has 0 saturated heterocycles. The molecule has 1 heterocycles. The Morgan fingerprint density at radius 1 is 0.938 bits per heavy atom. The van der Waals surface area contributed by atoms with Gasteiger partial charge in [0.15, 0.2) is 5.58 Å².